The van der Waals surface area contributed by atoms with Crippen molar-refractivity contribution in [2.75, 3.05) is 0 Å². The maximum Gasteiger partial charge on any atom is 0.141 e. The Morgan fingerprint density at radius 3 is 1.92 bits per heavy atom. The van der Waals surface area contributed by atoms with Crippen molar-refractivity contribution in [1.29, 1.82) is 0 Å². The van der Waals surface area contributed by atoms with Crippen molar-refractivity contribution in [3.8, 4) is 0 Å². The van der Waals surface area contributed by atoms with Crippen molar-refractivity contribution in [2.45, 2.75) is 48.0 Å². The first-order valence-corrected chi connectivity index (χ1v) is 4.88. The van der Waals surface area contributed by atoms with E-state index in [-0.39, 0.29) is 11.3 Å². The zero-order valence-corrected chi connectivity index (χ0v) is 9.27. The second-order valence-electron chi connectivity index (χ2n) is 4.55. The van der Waals surface area contributed by atoms with E-state index in [0.717, 1.165) is 6.42 Å². The monoisotopic (exact) mass is 170 g/mol. The molecule has 0 amide bonds. The fourth-order valence-corrected chi connectivity index (χ4v) is 1.50. The largest absolute Gasteiger partial charge is 0.299 e. The summed E-state index contributed by atoms with van der Waals surface area (Å²) in [6, 6.07) is 0. The van der Waals surface area contributed by atoms with Gasteiger partial charge in [-0.05, 0) is 5.92 Å². The van der Waals surface area contributed by atoms with Gasteiger partial charge in [0.05, 0.1) is 0 Å². The SMILES string of the molecule is CCC(C)C(C)(C)C(=O)C(C)C. The van der Waals surface area contributed by atoms with E-state index in [1.165, 1.54) is 0 Å². The van der Waals surface area contributed by atoms with Crippen LogP contribution in [0.3, 0.4) is 0 Å². The number of carbonyl (C=O) groups excluding carboxylic acids is 1. The topological polar surface area (TPSA) is 17.1 Å². The van der Waals surface area contributed by atoms with Crippen molar-refractivity contribution in [2.24, 2.45) is 17.3 Å². The molecule has 0 aliphatic carbocycles. The molecular formula is C11H22O. The van der Waals surface area contributed by atoms with Crippen LogP contribution in [0.25, 0.3) is 0 Å². The Balaban J connectivity index is 4.49. The Morgan fingerprint density at radius 2 is 1.67 bits per heavy atom. The summed E-state index contributed by atoms with van der Waals surface area (Å²) in [5.74, 6) is 1.03. The maximum absolute atomic E-state index is 11.8. The van der Waals surface area contributed by atoms with Crippen molar-refractivity contribution in [1.82, 2.24) is 0 Å². The molecule has 0 heterocycles. The van der Waals surface area contributed by atoms with E-state index in [1.54, 1.807) is 0 Å². The lowest BCUT2D eigenvalue weighted by molar-refractivity contribution is -0.132. The number of ketones is 1. The van der Waals surface area contributed by atoms with Crippen molar-refractivity contribution < 1.29 is 4.79 Å². The number of hydrogen-bond donors (Lipinski definition) is 0. The lowest BCUT2D eigenvalue weighted by Crippen LogP contribution is -2.34. The van der Waals surface area contributed by atoms with E-state index in [9.17, 15) is 4.79 Å². The fourth-order valence-electron chi connectivity index (χ4n) is 1.50. The lowest BCUT2D eigenvalue weighted by atomic mass is 9.72. The minimum absolute atomic E-state index is 0.150. The summed E-state index contributed by atoms with van der Waals surface area (Å²) in [7, 11) is 0. The van der Waals surface area contributed by atoms with E-state index < -0.39 is 0 Å². The zero-order valence-electron chi connectivity index (χ0n) is 9.27. The predicted molar refractivity (Wildman–Crippen MR) is 53.1 cm³/mol. The van der Waals surface area contributed by atoms with Gasteiger partial charge in [0, 0.05) is 11.3 Å². The molecule has 0 bridgehead atoms. The summed E-state index contributed by atoms with van der Waals surface area (Å²) in [4.78, 5) is 11.8. The molecule has 0 aliphatic rings. The maximum atomic E-state index is 11.8. The molecule has 0 spiro atoms. The molecule has 1 unspecified atom stereocenters. The molecule has 1 atom stereocenters. The van der Waals surface area contributed by atoms with E-state index in [1.807, 2.05) is 13.8 Å². The number of rotatable bonds is 4. The summed E-state index contributed by atoms with van der Waals surface area (Å²) < 4.78 is 0. The van der Waals surface area contributed by atoms with Crippen LogP contribution in [-0.2, 0) is 4.79 Å². The highest BCUT2D eigenvalue weighted by Crippen LogP contribution is 2.32. The quantitative estimate of drug-likeness (QED) is 0.632. The van der Waals surface area contributed by atoms with Gasteiger partial charge in [-0.2, -0.15) is 0 Å². The van der Waals surface area contributed by atoms with Crippen LogP contribution in [0.4, 0.5) is 0 Å². The van der Waals surface area contributed by atoms with Crippen LogP contribution in [0.2, 0.25) is 0 Å². The van der Waals surface area contributed by atoms with Crippen LogP contribution >= 0.6 is 0 Å². The van der Waals surface area contributed by atoms with E-state index >= 15 is 0 Å². The minimum atomic E-state index is -0.150. The van der Waals surface area contributed by atoms with E-state index in [4.69, 9.17) is 0 Å². The first kappa shape index (κ1) is 11.7. The highest BCUT2D eigenvalue weighted by molar-refractivity contribution is 5.85. The molecule has 0 saturated heterocycles. The molecule has 0 aromatic carbocycles. The Hall–Kier alpha value is -0.330. The molecule has 12 heavy (non-hydrogen) atoms. The molecule has 0 aromatic rings. The molecule has 0 rings (SSSR count). The summed E-state index contributed by atoms with van der Waals surface area (Å²) >= 11 is 0. The normalized spacial score (nSPS) is 14.9. The predicted octanol–water partition coefficient (Wildman–Crippen LogP) is 3.28. The molecule has 0 saturated carbocycles. The first-order chi connectivity index (χ1) is 5.34. The minimum Gasteiger partial charge on any atom is -0.299 e. The zero-order chi connectivity index (χ0) is 9.94. The third kappa shape index (κ3) is 2.33. The summed E-state index contributed by atoms with van der Waals surface area (Å²) in [6.45, 7) is 12.4. The van der Waals surface area contributed by atoms with Crippen LogP contribution in [0.15, 0.2) is 0 Å². The summed E-state index contributed by atoms with van der Waals surface area (Å²) in [5, 5.41) is 0. The Bertz CT molecular complexity index is 156. The Morgan fingerprint density at radius 1 is 1.25 bits per heavy atom. The van der Waals surface area contributed by atoms with Gasteiger partial charge in [-0.3, -0.25) is 4.79 Å². The van der Waals surface area contributed by atoms with Gasteiger partial charge in [0.15, 0.2) is 0 Å². The van der Waals surface area contributed by atoms with Crippen molar-refractivity contribution in [3.05, 3.63) is 0 Å². The molecule has 0 aromatic heterocycles. The third-order valence-electron chi connectivity index (χ3n) is 3.00. The van der Waals surface area contributed by atoms with Gasteiger partial charge in [0.2, 0.25) is 0 Å². The first-order valence-electron chi connectivity index (χ1n) is 4.88. The van der Waals surface area contributed by atoms with Crippen LogP contribution in [-0.4, -0.2) is 5.78 Å². The molecule has 0 aliphatic heterocycles. The van der Waals surface area contributed by atoms with Gasteiger partial charge < -0.3 is 0 Å². The average molecular weight is 170 g/mol. The lowest BCUT2D eigenvalue weighted by Gasteiger charge is -2.31. The van der Waals surface area contributed by atoms with Crippen LogP contribution in [0, 0.1) is 17.3 Å². The molecule has 72 valence electrons. The van der Waals surface area contributed by atoms with Gasteiger partial charge >= 0.3 is 0 Å². The van der Waals surface area contributed by atoms with Crippen molar-refractivity contribution >= 4 is 5.78 Å². The standard InChI is InChI=1S/C11H22O/c1-7-9(4)11(5,6)10(12)8(2)3/h8-9H,7H2,1-6H3. The number of hydrogen-bond acceptors (Lipinski definition) is 1. The Labute approximate surface area is 76.6 Å². The van der Waals surface area contributed by atoms with Crippen molar-refractivity contribution in [3.63, 3.8) is 0 Å². The average Bonchev–Trinajstić information content (AvgIpc) is 2.01. The van der Waals surface area contributed by atoms with Crippen LogP contribution in [0.5, 0.6) is 0 Å². The second kappa shape index (κ2) is 4.06. The van der Waals surface area contributed by atoms with Gasteiger partial charge in [0.25, 0.3) is 0 Å². The molecule has 0 fully saturated rings. The second-order valence-corrected chi connectivity index (χ2v) is 4.55. The molecule has 1 heteroatoms. The van der Waals surface area contributed by atoms with Gasteiger partial charge in [0.1, 0.15) is 5.78 Å². The van der Waals surface area contributed by atoms with E-state index in [0.29, 0.717) is 11.7 Å². The van der Waals surface area contributed by atoms with Gasteiger partial charge in [-0.1, -0.05) is 48.0 Å². The highest BCUT2D eigenvalue weighted by Gasteiger charge is 2.33. The van der Waals surface area contributed by atoms with Crippen LogP contribution in [0.1, 0.15) is 48.0 Å². The molecule has 0 radical (unpaired) electrons. The smallest absolute Gasteiger partial charge is 0.141 e. The van der Waals surface area contributed by atoms with Gasteiger partial charge in [-0.25, -0.2) is 0 Å². The van der Waals surface area contributed by atoms with Crippen LogP contribution < -0.4 is 0 Å². The summed E-state index contributed by atoms with van der Waals surface area (Å²) in [6.07, 6.45) is 1.07. The van der Waals surface area contributed by atoms with E-state index in [2.05, 4.69) is 27.7 Å². The molecule has 1 nitrogen and oxygen atoms in total. The summed E-state index contributed by atoms with van der Waals surface area (Å²) in [5.41, 5.74) is -0.150. The molecule has 0 N–H and O–H groups in total. The fraction of sp³-hybridized carbons (Fsp3) is 0.909. The third-order valence-corrected chi connectivity index (χ3v) is 3.00. The highest BCUT2D eigenvalue weighted by atomic mass is 16.1. The Kier molecular flexibility index (Phi) is 3.95. The number of carbonyl (C=O) groups is 1. The van der Waals surface area contributed by atoms with Gasteiger partial charge in [-0.15, -0.1) is 0 Å². The molecular weight excluding hydrogens is 148 g/mol. The number of Topliss-reactive ketones (excluding diaryl/α,β-unsaturated/α-hetero) is 1.